The first-order chi connectivity index (χ1) is 9.79. The SMILES string of the molecule is COCCNCc1ccccc1OCc1noc(C)n1. The minimum absolute atomic E-state index is 0.298. The number of ether oxygens (including phenoxy) is 2. The van der Waals surface area contributed by atoms with E-state index in [4.69, 9.17) is 14.0 Å². The van der Waals surface area contributed by atoms with Crippen LogP contribution in [0.4, 0.5) is 0 Å². The Morgan fingerprint density at radius 1 is 1.30 bits per heavy atom. The third-order valence-electron chi connectivity index (χ3n) is 2.70. The summed E-state index contributed by atoms with van der Waals surface area (Å²) in [6.45, 7) is 4.27. The maximum Gasteiger partial charge on any atom is 0.223 e. The highest BCUT2D eigenvalue weighted by Crippen LogP contribution is 2.18. The van der Waals surface area contributed by atoms with Crippen molar-refractivity contribution in [2.45, 2.75) is 20.1 Å². The summed E-state index contributed by atoms with van der Waals surface area (Å²) in [5.41, 5.74) is 1.09. The molecule has 0 bridgehead atoms. The fraction of sp³-hybridized carbons (Fsp3) is 0.429. The van der Waals surface area contributed by atoms with Crippen LogP contribution in [-0.2, 0) is 17.9 Å². The molecule has 2 aromatic rings. The molecule has 1 aromatic heterocycles. The molecule has 0 amide bonds. The lowest BCUT2D eigenvalue weighted by Crippen LogP contribution is -2.19. The van der Waals surface area contributed by atoms with Gasteiger partial charge in [-0.05, 0) is 6.07 Å². The molecule has 0 aliphatic carbocycles. The van der Waals surface area contributed by atoms with Crippen LogP contribution >= 0.6 is 0 Å². The molecule has 6 heteroatoms. The number of methoxy groups -OCH3 is 1. The summed E-state index contributed by atoms with van der Waals surface area (Å²) in [5.74, 6) is 1.91. The molecule has 108 valence electrons. The molecule has 0 unspecified atom stereocenters. The summed E-state index contributed by atoms with van der Waals surface area (Å²) in [4.78, 5) is 4.11. The van der Waals surface area contributed by atoms with E-state index in [0.29, 0.717) is 24.9 Å². The molecule has 0 spiro atoms. The Morgan fingerprint density at radius 3 is 2.90 bits per heavy atom. The monoisotopic (exact) mass is 277 g/mol. The summed E-state index contributed by atoms with van der Waals surface area (Å²) in [6, 6.07) is 7.88. The van der Waals surface area contributed by atoms with Crippen molar-refractivity contribution in [3.8, 4) is 5.75 Å². The molecular formula is C14H19N3O3. The largest absolute Gasteiger partial charge is 0.485 e. The second-order valence-electron chi connectivity index (χ2n) is 4.30. The highest BCUT2D eigenvalue weighted by atomic mass is 16.5. The quantitative estimate of drug-likeness (QED) is 0.741. The molecule has 0 saturated heterocycles. The van der Waals surface area contributed by atoms with E-state index in [1.807, 2.05) is 24.3 Å². The third-order valence-corrected chi connectivity index (χ3v) is 2.70. The zero-order chi connectivity index (χ0) is 14.2. The molecule has 0 aliphatic rings. The molecule has 0 aliphatic heterocycles. The van der Waals surface area contributed by atoms with E-state index >= 15 is 0 Å². The van der Waals surface area contributed by atoms with E-state index in [9.17, 15) is 0 Å². The van der Waals surface area contributed by atoms with Gasteiger partial charge in [-0.3, -0.25) is 0 Å². The Bertz CT molecular complexity index is 528. The molecule has 1 heterocycles. The lowest BCUT2D eigenvalue weighted by molar-refractivity contribution is 0.199. The first-order valence-corrected chi connectivity index (χ1v) is 6.49. The maximum absolute atomic E-state index is 5.74. The molecule has 1 aromatic carbocycles. The van der Waals surface area contributed by atoms with Crippen molar-refractivity contribution in [3.05, 3.63) is 41.5 Å². The Labute approximate surface area is 118 Å². The number of para-hydroxylation sites is 1. The fourth-order valence-corrected chi connectivity index (χ4v) is 1.73. The minimum atomic E-state index is 0.298. The molecule has 6 nitrogen and oxygen atoms in total. The van der Waals surface area contributed by atoms with Crippen LogP contribution in [0, 0.1) is 6.92 Å². The summed E-state index contributed by atoms with van der Waals surface area (Å²) in [7, 11) is 1.69. The molecule has 0 saturated carbocycles. The highest BCUT2D eigenvalue weighted by molar-refractivity contribution is 5.33. The number of rotatable bonds is 8. The van der Waals surface area contributed by atoms with Crippen LogP contribution in [0.2, 0.25) is 0 Å². The normalized spacial score (nSPS) is 10.7. The maximum atomic E-state index is 5.74. The van der Waals surface area contributed by atoms with E-state index < -0.39 is 0 Å². The fourth-order valence-electron chi connectivity index (χ4n) is 1.73. The van der Waals surface area contributed by atoms with Gasteiger partial charge >= 0.3 is 0 Å². The van der Waals surface area contributed by atoms with Crippen molar-refractivity contribution in [1.82, 2.24) is 15.5 Å². The van der Waals surface area contributed by atoms with E-state index in [1.54, 1.807) is 14.0 Å². The number of nitrogens with zero attached hydrogens (tertiary/aromatic N) is 2. The average Bonchev–Trinajstić information content (AvgIpc) is 2.88. The molecule has 0 fully saturated rings. The van der Waals surface area contributed by atoms with Crippen LogP contribution in [-0.4, -0.2) is 30.4 Å². The van der Waals surface area contributed by atoms with Gasteiger partial charge in [-0.25, -0.2) is 0 Å². The molecule has 20 heavy (non-hydrogen) atoms. The zero-order valence-electron chi connectivity index (χ0n) is 11.8. The van der Waals surface area contributed by atoms with Crippen LogP contribution in [0.1, 0.15) is 17.3 Å². The topological polar surface area (TPSA) is 69.4 Å². The lowest BCUT2D eigenvalue weighted by atomic mass is 10.2. The molecule has 2 rings (SSSR count). The average molecular weight is 277 g/mol. The van der Waals surface area contributed by atoms with Gasteiger partial charge in [0, 0.05) is 32.7 Å². The number of aromatic nitrogens is 2. The first-order valence-electron chi connectivity index (χ1n) is 6.49. The Kier molecular flexibility index (Phi) is 5.52. The zero-order valence-corrected chi connectivity index (χ0v) is 11.8. The number of hydrogen-bond acceptors (Lipinski definition) is 6. The van der Waals surface area contributed by atoms with E-state index in [1.165, 1.54) is 0 Å². The van der Waals surface area contributed by atoms with Gasteiger partial charge in [0.25, 0.3) is 0 Å². The van der Waals surface area contributed by atoms with Crippen molar-refractivity contribution in [2.24, 2.45) is 0 Å². The summed E-state index contributed by atoms with van der Waals surface area (Å²) < 4.78 is 15.6. The van der Waals surface area contributed by atoms with Gasteiger partial charge in [0.1, 0.15) is 5.75 Å². The standard InChI is InChI=1S/C14H19N3O3/c1-11-16-14(17-20-11)10-19-13-6-4-3-5-12(13)9-15-7-8-18-2/h3-6,15H,7-10H2,1-2H3. The highest BCUT2D eigenvalue weighted by Gasteiger charge is 2.06. The molecule has 0 radical (unpaired) electrons. The minimum Gasteiger partial charge on any atom is -0.485 e. The third kappa shape index (κ3) is 4.32. The van der Waals surface area contributed by atoms with Gasteiger partial charge < -0.3 is 19.3 Å². The van der Waals surface area contributed by atoms with Gasteiger partial charge in [-0.2, -0.15) is 4.98 Å². The Hall–Kier alpha value is -1.92. The van der Waals surface area contributed by atoms with Crippen molar-refractivity contribution in [3.63, 3.8) is 0 Å². The summed E-state index contributed by atoms with van der Waals surface area (Å²) in [5, 5.41) is 7.09. The predicted molar refractivity (Wildman–Crippen MR) is 73.4 cm³/mol. The van der Waals surface area contributed by atoms with Crippen molar-refractivity contribution in [1.29, 1.82) is 0 Å². The van der Waals surface area contributed by atoms with Gasteiger partial charge in [-0.1, -0.05) is 23.4 Å². The number of nitrogens with one attached hydrogen (secondary N) is 1. The molecule has 1 N–H and O–H groups in total. The van der Waals surface area contributed by atoms with Crippen LogP contribution < -0.4 is 10.1 Å². The molecule has 0 atom stereocenters. The summed E-state index contributed by atoms with van der Waals surface area (Å²) in [6.07, 6.45) is 0. The summed E-state index contributed by atoms with van der Waals surface area (Å²) >= 11 is 0. The van der Waals surface area contributed by atoms with Gasteiger partial charge in [0.15, 0.2) is 6.61 Å². The number of hydrogen-bond donors (Lipinski definition) is 1. The smallest absolute Gasteiger partial charge is 0.223 e. The predicted octanol–water partition coefficient (Wildman–Crippen LogP) is 1.69. The Balaban J connectivity index is 1.90. The molecular weight excluding hydrogens is 258 g/mol. The van der Waals surface area contributed by atoms with Crippen LogP contribution in [0.25, 0.3) is 0 Å². The van der Waals surface area contributed by atoms with Crippen LogP contribution in [0.5, 0.6) is 5.75 Å². The van der Waals surface area contributed by atoms with Gasteiger partial charge in [0.05, 0.1) is 6.61 Å². The van der Waals surface area contributed by atoms with Crippen molar-refractivity contribution in [2.75, 3.05) is 20.3 Å². The first kappa shape index (κ1) is 14.5. The van der Waals surface area contributed by atoms with Crippen LogP contribution in [0.3, 0.4) is 0 Å². The second-order valence-corrected chi connectivity index (χ2v) is 4.30. The number of benzene rings is 1. The Morgan fingerprint density at radius 2 is 2.15 bits per heavy atom. The van der Waals surface area contributed by atoms with Gasteiger partial charge in [-0.15, -0.1) is 0 Å². The van der Waals surface area contributed by atoms with Crippen LogP contribution in [0.15, 0.2) is 28.8 Å². The van der Waals surface area contributed by atoms with Crippen molar-refractivity contribution < 1.29 is 14.0 Å². The van der Waals surface area contributed by atoms with E-state index in [2.05, 4.69) is 15.5 Å². The lowest BCUT2D eigenvalue weighted by Gasteiger charge is -2.10. The van der Waals surface area contributed by atoms with Crippen molar-refractivity contribution >= 4 is 0 Å². The van der Waals surface area contributed by atoms with Gasteiger partial charge in [0.2, 0.25) is 11.7 Å². The van der Waals surface area contributed by atoms with E-state index in [-0.39, 0.29) is 0 Å². The number of aryl methyl sites for hydroxylation is 1. The second kappa shape index (κ2) is 7.62. The van der Waals surface area contributed by atoms with E-state index in [0.717, 1.165) is 24.4 Å².